The minimum Gasteiger partial charge on any atom is -0.497 e. The zero-order valence-electron chi connectivity index (χ0n) is 27.6. The van der Waals surface area contributed by atoms with Crippen molar-refractivity contribution < 1.29 is 27.5 Å². The topological polar surface area (TPSA) is 105 Å². The molecular weight excluding hydrogens is 614 g/mol. The Morgan fingerprint density at radius 3 is 2.34 bits per heavy atom. The number of hydrogen-bond donors (Lipinski definition) is 1. The van der Waals surface area contributed by atoms with Crippen molar-refractivity contribution in [2.24, 2.45) is 5.92 Å². The standard InChI is InChI=1S/C37H41N3O6S/c1-24-13-14-26-15-17-30(23-32(26)36(24)40(4)35(41)20-25-9-7-12-31(19-25)45-5)38-47(43,44)34-22-28(16-18-33(34)46-6)27-10-8-11-29(21-27)37(42)39(2)3/h7-12,15-19,21-24,36,38H,13-14,20H2,1-6H3/t24-,36+/m1/s1. The van der Waals surface area contributed by atoms with E-state index in [4.69, 9.17) is 9.47 Å². The third-order valence-electron chi connectivity index (χ3n) is 8.73. The first-order valence-electron chi connectivity index (χ1n) is 15.5. The lowest BCUT2D eigenvalue weighted by atomic mass is 9.79. The zero-order valence-corrected chi connectivity index (χ0v) is 28.4. The van der Waals surface area contributed by atoms with Gasteiger partial charge in [0, 0.05) is 32.4 Å². The van der Waals surface area contributed by atoms with Gasteiger partial charge in [-0.3, -0.25) is 14.3 Å². The van der Waals surface area contributed by atoms with Gasteiger partial charge in [0.2, 0.25) is 5.91 Å². The second-order valence-electron chi connectivity index (χ2n) is 12.2. The van der Waals surface area contributed by atoms with Crippen LogP contribution in [-0.4, -0.2) is 65.4 Å². The first-order chi connectivity index (χ1) is 22.4. The molecule has 0 saturated carbocycles. The predicted molar refractivity (Wildman–Crippen MR) is 183 cm³/mol. The highest BCUT2D eigenvalue weighted by Gasteiger charge is 2.33. The molecule has 0 aliphatic heterocycles. The Bertz CT molecular complexity index is 1910. The summed E-state index contributed by atoms with van der Waals surface area (Å²) in [6, 6.07) is 24.8. The molecule has 5 rings (SSSR count). The smallest absolute Gasteiger partial charge is 0.265 e. The maximum atomic E-state index is 13.9. The van der Waals surface area contributed by atoms with Gasteiger partial charge in [0.15, 0.2) is 0 Å². The Hall–Kier alpha value is -4.83. The van der Waals surface area contributed by atoms with Crippen molar-refractivity contribution in [3.63, 3.8) is 0 Å². The maximum absolute atomic E-state index is 13.9. The van der Waals surface area contributed by atoms with E-state index in [9.17, 15) is 18.0 Å². The molecule has 47 heavy (non-hydrogen) atoms. The van der Waals surface area contributed by atoms with Gasteiger partial charge in [-0.1, -0.05) is 43.3 Å². The highest BCUT2D eigenvalue weighted by molar-refractivity contribution is 7.92. The van der Waals surface area contributed by atoms with Crippen LogP contribution >= 0.6 is 0 Å². The van der Waals surface area contributed by atoms with Crippen molar-refractivity contribution in [1.82, 2.24) is 9.80 Å². The van der Waals surface area contributed by atoms with Crippen LogP contribution in [0.4, 0.5) is 5.69 Å². The fourth-order valence-corrected chi connectivity index (χ4v) is 7.45. The number of ether oxygens (including phenoxy) is 2. The lowest BCUT2D eigenvalue weighted by Gasteiger charge is -2.38. The van der Waals surface area contributed by atoms with Crippen molar-refractivity contribution in [2.75, 3.05) is 40.1 Å². The number of benzene rings is 4. The molecule has 9 nitrogen and oxygen atoms in total. The summed E-state index contributed by atoms with van der Waals surface area (Å²) in [7, 11) is 4.09. The highest BCUT2D eigenvalue weighted by Crippen LogP contribution is 2.40. The summed E-state index contributed by atoms with van der Waals surface area (Å²) >= 11 is 0. The van der Waals surface area contributed by atoms with E-state index in [-0.39, 0.29) is 40.8 Å². The Morgan fingerprint density at radius 2 is 1.62 bits per heavy atom. The van der Waals surface area contributed by atoms with E-state index in [1.807, 2.05) is 49.5 Å². The predicted octanol–water partition coefficient (Wildman–Crippen LogP) is 6.20. The van der Waals surface area contributed by atoms with Crippen LogP contribution in [-0.2, 0) is 27.7 Å². The molecule has 1 aliphatic carbocycles. The molecule has 0 saturated heterocycles. The van der Waals surface area contributed by atoms with Crippen molar-refractivity contribution in [3.05, 3.63) is 107 Å². The number of carbonyl (C=O) groups is 2. The van der Waals surface area contributed by atoms with Crippen molar-refractivity contribution in [2.45, 2.75) is 37.1 Å². The quantitative estimate of drug-likeness (QED) is 0.218. The molecule has 0 fully saturated rings. The molecule has 4 aromatic rings. The van der Waals surface area contributed by atoms with E-state index in [1.54, 1.807) is 68.6 Å². The SMILES string of the molecule is COc1cccc(CC(=O)N(C)[C@@H]2c3cc(NS(=O)(=O)c4cc(-c5cccc(C(=O)N(C)C)c5)ccc4OC)ccc3CC[C@H]2C)c1. The number of methoxy groups -OCH3 is 2. The number of hydrogen-bond acceptors (Lipinski definition) is 6. The summed E-state index contributed by atoms with van der Waals surface area (Å²) in [6.45, 7) is 2.12. The molecule has 0 unspecified atom stereocenters. The van der Waals surface area contributed by atoms with Crippen LogP contribution in [0.1, 0.15) is 46.4 Å². The van der Waals surface area contributed by atoms with E-state index in [0.29, 0.717) is 28.1 Å². The first kappa shape index (κ1) is 33.5. The molecule has 1 aliphatic rings. The molecular formula is C37H41N3O6S. The molecule has 1 N–H and O–H groups in total. The molecule has 0 heterocycles. The Morgan fingerprint density at radius 1 is 0.872 bits per heavy atom. The Balaban J connectivity index is 1.44. The Kier molecular flexibility index (Phi) is 9.91. The van der Waals surface area contributed by atoms with Crippen molar-refractivity contribution >= 4 is 27.5 Å². The van der Waals surface area contributed by atoms with Gasteiger partial charge in [0.25, 0.3) is 15.9 Å². The summed E-state index contributed by atoms with van der Waals surface area (Å²) in [5.41, 5.74) is 5.08. The minimum atomic E-state index is -4.11. The summed E-state index contributed by atoms with van der Waals surface area (Å²) in [4.78, 5) is 29.3. The van der Waals surface area contributed by atoms with Gasteiger partial charge in [-0.05, 0) is 95.1 Å². The molecule has 0 bridgehead atoms. The van der Waals surface area contributed by atoms with E-state index in [2.05, 4.69) is 11.6 Å². The molecule has 0 aromatic heterocycles. The van der Waals surface area contributed by atoms with Gasteiger partial charge in [0.1, 0.15) is 16.4 Å². The van der Waals surface area contributed by atoms with E-state index < -0.39 is 10.0 Å². The number of nitrogens with zero attached hydrogens (tertiary/aromatic N) is 2. The summed E-state index contributed by atoms with van der Waals surface area (Å²) in [6.07, 6.45) is 1.97. The number of carbonyl (C=O) groups excluding carboxylic acids is 2. The van der Waals surface area contributed by atoms with E-state index in [0.717, 1.165) is 29.5 Å². The van der Waals surface area contributed by atoms with Gasteiger partial charge in [-0.2, -0.15) is 0 Å². The second-order valence-corrected chi connectivity index (χ2v) is 13.8. The number of sulfonamides is 1. The third kappa shape index (κ3) is 7.28. The number of rotatable bonds is 10. The Labute approximate surface area is 277 Å². The van der Waals surface area contributed by atoms with Crippen LogP contribution < -0.4 is 14.2 Å². The molecule has 10 heteroatoms. The summed E-state index contributed by atoms with van der Waals surface area (Å²) in [5.74, 6) is 0.866. The van der Waals surface area contributed by atoms with Crippen LogP contribution in [0.25, 0.3) is 11.1 Å². The zero-order chi connectivity index (χ0) is 33.9. The van der Waals surface area contributed by atoms with Crippen molar-refractivity contribution in [3.8, 4) is 22.6 Å². The fourth-order valence-electron chi connectivity index (χ4n) is 6.20. The molecule has 4 aromatic carbocycles. The highest BCUT2D eigenvalue weighted by atomic mass is 32.2. The van der Waals surface area contributed by atoms with Crippen LogP contribution in [0.2, 0.25) is 0 Å². The molecule has 0 radical (unpaired) electrons. The molecule has 0 spiro atoms. The fraction of sp³-hybridized carbons (Fsp3) is 0.297. The number of nitrogens with one attached hydrogen (secondary N) is 1. The lowest BCUT2D eigenvalue weighted by molar-refractivity contribution is -0.132. The van der Waals surface area contributed by atoms with Gasteiger partial charge < -0.3 is 19.3 Å². The second kappa shape index (κ2) is 13.9. The molecule has 2 atom stereocenters. The summed E-state index contributed by atoms with van der Waals surface area (Å²) < 4.78 is 41.4. The van der Waals surface area contributed by atoms with Crippen LogP contribution in [0.15, 0.2) is 89.8 Å². The number of aryl methyl sites for hydroxylation is 1. The van der Waals surface area contributed by atoms with Crippen LogP contribution in [0.5, 0.6) is 11.5 Å². The van der Waals surface area contributed by atoms with E-state index in [1.165, 1.54) is 12.0 Å². The monoisotopic (exact) mass is 655 g/mol. The number of amides is 2. The average Bonchev–Trinajstić information content (AvgIpc) is 3.07. The first-order valence-corrected chi connectivity index (χ1v) is 16.9. The number of anilines is 1. The lowest BCUT2D eigenvalue weighted by Crippen LogP contribution is -2.38. The minimum absolute atomic E-state index is 0.0323. The van der Waals surface area contributed by atoms with Gasteiger partial charge >= 0.3 is 0 Å². The van der Waals surface area contributed by atoms with Crippen LogP contribution in [0, 0.1) is 5.92 Å². The van der Waals surface area contributed by atoms with Crippen LogP contribution in [0.3, 0.4) is 0 Å². The molecule has 2 amide bonds. The van der Waals surface area contributed by atoms with Gasteiger partial charge in [-0.15, -0.1) is 0 Å². The number of likely N-dealkylation sites (N-methyl/N-ethyl adjacent to an activating group) is 1. The van der Waals surface area contributed by atoms with E-state index >= 15 is 0 Å². The normalized spacial score (nSPS) is 15.7. The third-order valence-corrected chi connectivity index (χ3v) is 10.1. The average molecular weight is 656 g/mol. The largest absolute Gasteiger partial charge is 0.497 e. The number of fused-ring (bicyclic) bond motifs is 1. The van der Waals surface area contributed by atoms with Gasteiger partial charge in [0.05, 0.1) is 26.7 Å². The summed E-state index contributed by atoms with van der Waals surface area (Å²) in [5, 5.41) is 0. The van der Waals surface area contributed by atoms with Gasteiger partial charge in [-0.25, -0.2) is 8.42 Å². The molecule has 246 valence electrons. The maximum Gasteiger partial charge on any atom is 0.265 e. The van der Waals surface area contributed by atoms with Crippen molar-refractivity contribution in [1.29, 1.82) is 0 Å².